The number of hydrogen-bond donors (Lipinski definition) is 1. The summed E-state index contributed by atoms with van der Waals surface area (Å²) >= 11 is 1.68. The number of hydrogen-bond acceptors (Lipinski definition) is 5. The first kappa shape index (κ1) is 14.1. The number of nitrogens with zero attached hydrogens (tertiary/aromatic N) is 2. The fraction of sp³-hybridized carbons (Fsp3) is 0.0714. The van der Waals surface area contributed by atoms with E-state index in [4.69, 9.17) is 0 Å². The topological polar surface area (TPSA) is 67.5 Å². The highest BCUT2D eigenvalue weighted by molar-refractivity contribution is 7.98. The number of nitro benzene ring substituents is 1. The molecule has 0 aliphatic rings. The van der Waals surface area contributed by atoms with Gasteiger partial charge in [0.15, 0.2) is 0 Å². The molecule has 6 heteroatoms. The third kappa shape index (κ3) is 3.83. The van der Waals surface area contributed by atoms with Crippen molar-refractivity contribution in [2.45, 2.75) is 4.90 Å². The van der Waals surface area contributed by atoms with Gasteiger partial charge in [-0.2, -0.15) is 5.10 Å². The molecule has 0 spiro atoms. The van der Waals surface area contributed by atoms with Gasteiger partial charge >= 0.3 is 0 Å². The molecule has 0 atom stereocenters. The van der Waals surface area contributed by atoms with Gasteiger partial charge < -0.3 is 0 Å². The number of hydrazone groups is 1. The van der Waals surface area contributed by atoms with Crippen LogP contribution in [0.15, 0.2) is 58.5 Å². The van der Waals surface area contributed by atoms with Gasteiger partial charge in [0, 0.05) is 17.0 Å². The SMILES string of the molecule is CSc1ccc(/C=N\Nc2cccc([N+](=O)[O-])c2)cc1. The summed E-state index contributed by atoms with van der Waals surface area (Å²) in [4.78, 5) is 11.4. The molecule has 0 fully saturated rings. The van der Waals surface area contributed by atoms with E-state index in [9.17, 15) is 10.1 Å². The Kier molecular flexibility index (Phi) is 4.73. The Balaban J connectivity index is 2.02. The number of rotatable bonds is 5. The summed E-state index contributed by atoms with van der Waals surface area (Å²) < 4.78 is 0. The van der Waals surface area contributed by atoms with E-state index in [0.29, 0.717) is 5.69 Å². The lowest BCUT2D eigenvalue weighted by Crippen LogP contribution is -1.93. The monoisotopic (exact) mass is 287 g/mol. The normalized spacial score (nSPS) is 10.7. The van der Waals surface area contributed by atoms with Crippen molar-refractivity contribution in [3.05, 3.63) is 64.2 Å². The minimum atomic E-state index is -0.434. The van der Waals surface area contributed by atoms with Crippen LogP contribution in [0.25, 0.3) is 0 Å². The lowest BCUT2D eigenvalue weighted by Gasteiger charge is -2.00. The number of anilines is 1. The van der Waals surface area contributed by atoms with Crippen LogP contribution in [0.2, 0.25) is 0 Å². The van der Waals surface area contributed by atoms with E-state index in [-0.39, 0.29) is 5.69 Å². The minimum Gasteiger partial charge on any atom is -0.278 e. The van der Waals surface area contributed by atoms with E-state index in [1.807, 2.05) is 30.5 Å². The maximum atomic E-state index is 10.6. The van der Waals surface area contributed by atoms with Gasteiger partial charge in [0.2, 0.25) is 0 Å². The van der Waals surface area contributed by atoms with E-state index in [1.54, 1.807) is 30.1 Å². The molecule has 2 rings (SSSR count). The van der Waals surface area contributed by atoms with Crippen molar-refractivity contribution in [2.24, 2.45) is 5.10 Å². The van der Waals surface area contributed by atoms with Crippen LogP contribution in [0.4, 0.5) is 11.4 Å². The molecule has 0 saturated carbocycles. The van der Waals surface area contributed by atoms with Gasteiger partial charge in [-0.15, -0.1) is 11.8 Å². The highest BCUT2D eigenvalue weighted by Crippen LogP contribution is 2.17. The van der Waals surface area contributed by atoms with Crippen LogP contribution < -0.4 is 5.43 Å². The zero-order valence-electron chi connectivity index (χ0n) is 10.8. The Morgan fingerprint density at radius 3 is 2.65 bits per heavy atom. The highest BCUT2D eigenvalue weighted by atomic mass is 32.2. The molecule has 2 aromatic rings. The Hall–Kier alpha value is -2.34. The van der Waals surface area contributed by atoms with Crippen LogP contribution in [0.5, 0.6) is 0 Å². The molecule has 20 heavy (non-hydrogen) atoms. The summed E-state index contributed by atoms with van der Waals surface area (Å²) in [6.45, 7) is 0. The van der Waals surface area contributed by atoms with Crippen LogP contribution >= 0.6 is 11.8 Å². The maximum Gasteiger partial charge on any atom is 0.271 e. The molecule has 0 radical (unpaired) electrons. The molecule has 0 heterocycles. The van der Waals surface area contributed by atoms with Crippen molar-refractivity contribution in [1.82, 2.24) is 0 Å². The van der Waals surface area contributed by atoms with Gasteiger partial charge in [0.25, 0.3) is 5.69 Å². The molecule has 102 valence electrons. The van der Waals surface area contributed by atoms with E-state index < -0.39 is 4.92 Å². The first-order valence-corrected chi connectivity index (χ1v) is 7.09. The van der Waals surface area contributed by atoms with Gasteiger partial charge in [-0.05, 0) is 30.0 Å². The van der Waals surface area contributed by atoms with Gasteiger partial charge in [0.05, 0.1) is 16.8 Å². The molecule has 0 amide bonds. The number of benzene rings is 2. The minimum absolute atomic E-state index is 0.0366. The van der Waals surface area contributed by atoms with Gasteiger partial charge in [0.1, 0.15) is 0 Å². The lowest BCUT2D eigenvalue weighted by atomic mass is 10.2. The second-order valence-electron chi connectivity index (χ2n) is 3.95. The molecule has 0 saturated heterocycles. The van der Waals surface area contributed by atoms with E-state index in [1.165, 1.54) is 17.0 Å². The molecule has 2 aromatic carbocycles. The standard InChI is InChI=1S/C14H13N3O2S/c1-20-14-7-5-11(6-8-14)10-15-16-12-3-2-4-13(9-12)17(18)19/h2-10,16H,1H3/b15-10-. The molecular weight excluding hydrogens is 274 g/mol. The van der Waals surface area contributed by atoms with Gasteiger partial charge in [-0.25, -0.2) is 0 Å². The average Bonchev–Trinajstić information content (AvgIpc) is 2.48. The molecule has 0 unspecified atom stereocenters. The second kappa shape index (κ2) is 6.72. The largest absolute Gasteiger partial charge is 0.278 e. The molecule has 0 bridgehead atoms. The van der Waals surface area contributed by atoms with Crippen molar-refractivity contribution >= 4 is 29.4 Å². The summed E-state index contributed by atoms with van der Waals surface area (Å²) in [5, 5.41) is 14.7. The molecule has 0 aliphatic heterocycles. The molecule has 0 aromatic heterocycles. The fourth-order valence-electron chi connectivity index (χ4n) is 1.56. The smallest absolute Gasteiger partial charge is 0.271 e. The number of thioether (sulfide) groups is 1. The first-order chi connectivity index (χ1) is 9.69. The van der Waals surface area contributed by atoms with E-state index in [0.717, 1.165) is 5.56 Å². The predicted molar refractivity (Wildman–Crippen MR) is 82.5 cm³/mol. The lowest BCUT2D eigenvalue weighted by molar-refractivity contribution is -0.384. The van der Waals surface area contributed by atoms with Crippen molar-refractivity contribution in [3.8, 4) is 0 Å². The third-order valence-electron chi connectivity index (χ3n) is 2.58. The molecule has 5 nitrogen and oxygen atoms in total. The molecule has 0 aliphatic carbocycles. The number of nitro groups is 1. The molecular formula is C14H13N3O2S. The quantitative estimate of drug-likeness (QED) is 0.393. The Morgan fingerprint density at radius 2 is 2.00 bits per heavy atom. The number of nitrogens with one attached hydrogen (secondary N) is 1. The van der Waals surface area contributed by atoms with Crippen molar-refractivity contribution in [1.29, 1.82) is 0 Å². The Labute approximate surface area is 120 Å². The summed E-state index contributed by atoms with van der Waals surface area (Å²) in [6.07, 6.45) is 3.69. The second-order valence-corrected chi connectivity index (χ2v) is 4.83. The van der Waals surface area contributed by atoms with Crippen molar-refractivity contribution in [3.63, 3.8) is 0 Å². The zero-order chi connectivity index (χ0) is 14.4. The summed E-state index contributed by atoms with van der Waals surface area (Å²) in [7, 11) is 0. The summed E-state index contributed by atoms with van der Waals surface area (Å²) in [5.74, 6) is 0. The summed E-state index contributed by atoms with van der Waals surface area (Å²) in [6, 6.07) is 14.2. The van der Waals surface area contributed by atoms with E-state index in [2.05, 4.69) is 10.5 Å². The zero-order valence-corrected chi connectivity index (χ0v) is 11.6. The third-order valence-corrected chi connectivity index (χ3v) is 3.32. The van der Waals surface area contributed by atoms with Gasteiger partial charge in [-0.1, -0.05) is 18.2 Å². The summed E-state index contributed by atoms with van der Waals surface area (Å²) in [5.41, 5.74) is 4.35. The highest BCUT2D eigenvalue weighted by Gasteiger charge is 2.04. The van der Waals surface area contributed by atoms with Gasteiger partial charge in [-0.3, -0.25) is 15.5 Å². The first-order valence-electron chi connectivity index (χ1n) is 5.86. The van der Waals surface area contributed by atoms with Crippen LogP contribution in [-0.4, -0.2) is 17.4 Å². The van der Waals surface area contributed by atoms with Crippen LogP contribution in [0.3, 0.4) is 0 Å². The van der Waals surface area contributed by atoms with E-state index >= 15 is 0 Å². The van der Waals surface area contributed by atoms with Crippen molar-refractivity contribution in [2.75, 3.05) is 11.7 Å². The van der Waals surface area contributed by atoms with Crippen molar-refractivity contribution < 1.29 is 4.92 Å². The van der Waals surface area contributed by atoms with Crippen LogP contribution in [0, 0.1) is 10.1 Å². The predicted octanol–water partition coefficient (Wildman–Crippen LogP) is 3.76. The molecule has 1 N–H and O–H groups in total. The number of non-ortho nitro benzene ring substituents is 1. The Bertz CT molecular complexity index is 627. The van der Waals surface area contributed by atoms with Crippen LogP contribution in [-0.2, 0) is 0 Å². The fourth-order valence-corrected chi connectivity index (χ4v) is 1.97. The van der Waals surface area contributed by atoms with Crippen LogP contribution in [0.1, 0.15) is 5.56 Å². The average molecular weight is 287 g/mol. The maximum absolute atomic E-state index is 10.6. The Morgan fingerprint density at radius 1 is 1.25 bits per heavy atom.